The Morgan fingerprint density at radius 1 is 0.485 bits per heavy atom. The van der Waals surface area contributed by atoms with Gasteiger partial charge < -0.3 is 4.40 Å². The van der Waals surface area contributed by atoms with Crippen LogP contribution in [0.4, 0.5) is 0 Å². The van der Waals surface area contributed by atoms with Crippen LogP contribution in [0.25, 0.3) is 38.1 Å². The first-order chi connectivity index (χ1) is 16.4. The Labute approximate surface area is 197 Å². The van der Waals surface area contributed by atoms with Gasteiger partial charge in [0.2, 0.25) is 0 Å². The largest absolute Gasteiger partial charge is 0.308 e. The zero-order valence-corrected chi connectivity index (χ0v) is 19.9. The number of hydrogen-bond acceptors (Lipinski definition) is 0. The molecule has 0 N–H and O–H groups in total. The minimum absolute atomic E-state index is 1.24. The van der Waals surface area contributed by atoms with Crippen molar-refractivity contribution in [2.75, 3.05) is 0 Å². The van der Waals surface area contributed by atoms with Crippen molar-refractivity contribution in [2.45, 2.75) is 89.9 Å². The molecule has 168 valence electrons. The Morgan fingerprint density at radius 3 is 1.88 bits per heavy atom. The Balaban J connectivity index is 1.60. The molecular weight excluding hydrogens is 398 g/mol. The summed E-state index contributed by atoms with van der Waals surface area (Å²) in [5.41, 5.74) is 10.9. The lowest BCUT2D eigenvalue weighted by Gasteiger charge is -2.12. The minimum Gasteiger partial charge on any atom is -0.308 e. The second kappa shape index (κ2) is 8.05. The second-order valence-electron chi connectivity index (χ2n) is 10.8. The van der Waals surface area contributed by atoms with Crippen LogP contribution in [0.5, 0.6) is 0 Å². The number of benzene rings is 3. The summed E-state index contributed by atoms with van der Waals surface area (Å²) in [5.74, 6) is 0. The van der Waals surface area contributed by atoms with E-state index in [0.29, 0.717) is 0 Å². The Kier molecular flexibility index (Phi) is 4.85. The van der Waals surface area contributed by atoms with E-state index in [-0.39, 0.29) is 0 Å². The summed E-state index contributed by atoms with van der Waals surface area (Å²) in [7, 11) is 0. The standard InChI is InChI=1S/C32H35N/c1-3-7-13-22-19-27-28-20-24-15-9-5-2-6-10-16-25(24)31-26-17-11-12-18-29(26)33(32(28)31)30(27)21-23(22)14-8-4-1/h11-12,17-21H,1-10,13-16H2. The van der Waals surface area contributed by atoms with Gasteiger partial charge in [0.25, 0.3) is 0 Å². The molecule has 3 aromatic carbocycles. The zero-order valence-electron chi connectivity index (χ0n) is 19.9. The van der Waals surface area contributed by atoms with E-state index in [4.69, 9.17) is 0 Å². The van der Waals surface area contributed by atoms with Gasteiger partial charge in [-0.2, -0.15) is 0 Å². The summed E-state index contributed by atoms with van der Waals surface area (Å²) in [6, 6.07) is 17.0. The molecule has 1 heteroatoms. The number of nitrogens with zero attached hydrogens (tertiary/aromatic N) is 1. The highest BCUT2D eigenvalue weighted by atomic mass is 14.9. The maximum atomic E-state index is 2.63. The average molecular weight is 434 g/mol. The summed E-state index contributed by atoms with van der Waals surface area (Å²) in [4.78, 5) is 0. The van der Waals surface area contributed by atoms with Gasteiger partial charge in [0, 0.05) is 21.5 Å². The second-order valence-corrected chi connectivity index (χ2v) is 10.8. The van der Waals surface area contributed by atoms with Gasteiger partial charge in [-0.15, -0.1) is 0 Å². The van der Waals surface area contributed by atoms with Crippen molar-refractivity contribution >= 4 is 38.1 Å². The molecule has 7 rings (SSSR count). The van der Waals surface area contributed by atoms with Crippen molar-refractivity contribution in [3.8, 4) is 0 Å². The van der Waals surface area contributed by atoms with Crippen LogP contribution in [0.3, 0.4) is 0 Å². The first-order valence-electron chi connectivity index (χ1n) is 13.6. The molecule has 0 saturated carbocycles. The number of aromatic nitrogens is 1. The van der Waals surface area contributed by atoms with Crippen LogP contribution in [0.2, 0.25) is 0 Å². The molecule has 0 fully saturated rings. The van der Waals surface area contributed by atoms with Gasteiger partial charge in [-0.05, 0) is 97.9 Å². The van der Waals surface area contributed by atoms with E-state index in [1.807, 2.05) is 0 Å². The van der Waals surface area contributed by atoms with E-state index in [1.165, 1.54) is 123 Å². The zero-order chi connectivity index (χ0) is 21.8. The van der Waals surface area contributed by atoms with Crippen LogP contribution in [0.1, 0.15) is 86.5 Å². The highest BCUT2D eigenvalue weighted by molar-refractivity contribution is 6.24. The van der Waals surface area contributed by atoms with Gasteiger partial charge in [-0.25, -0.2) is 0 Å². The average Bonchev–Trinajstić information content (AvgIpc) is 3.39. The van der Waals surface area contributed by atoms with Crippen LogP contribution in [0, 0.1) is 0 Å². The van der Waals surface area contributed by atoms with Gasteiger partial charge in [-0.1, -0.05) is 56.7 Å². The highest BCUT2D eigenvalue weighted by Gasteiger charge is 2.23. The Bertz CT molecular complexity index is 1470. The van der Waals surface area contributed by atoms with Crippen LogP contribution < -0.4 is 0 Å². The van der Waals surface area contributed by atoms with Gasteiger partial charge in [0.15, 0.2) is 0 Å². The summed E-state index contributed by atoms with van der Waals surface area (Å²) in [6.07, 6.45) is 18.7. The summed E-state index contributed by atoms with van der Waals surface area (Å²) in [5, 5.41) is 6.05. The van der Waals surface area contributed by atoms with Crippen LogP contribution >= 0.6 is 0 Å². The molecule has 0 saturated heterocycles. The maximum absolute atomic E-state index is 2.63. The molecule has 0 unspecified atom stereocenters. The van der Waals surface area contributed by atoms with Crippen molar-refractivity contribution in [3.63, 3.8) is 0 Å². The minimum atomic E-state index is 1.24. The molecule has 0 atom stereocenters. The molecule has 2 heterocycles. The summed E-state index contributed by atoms with van der Waals surface area (Å²) >= 11 is 0. The van der Waals surface area contributed by atoms with Crippen LogP contribution in [0.15, 0.2) is 42.5 Å². The molecule has 0 radical (unpaired) electrons. The van der Waals surface area contributed by atoms with E-state index in [2.05, 4.69) is 46.9 Å². The van der Waals surface area contributed by atoms with E-state index < -0.39 is 0 Å². The van der Waals surface area contributed by atoms with E-state index >= 15 is 0 Å². The van der Waals surface area contributed by atoms with Crippen LogP contribution in [-0.2, 0) is 25.7 Å². The van der Waals surface area contributed by atoms with Crippen molar-refractivity contribution in [1.82, 2.24) is 4.40 Å². The van der Waals surface area contributed by atoms with Gasteiger partial charge in [-0.3, -0.25) is 0 Å². The normalized spacial score (nSPS) is 18.4. The van der Waals surface area contributed by atoms with Gasteiger partial charge in [0.05, 0.1) is 16.6 Å². The third kappa shape index (κ3) is 3.11. The Morgan fingerprint density at radius 2 is 1.09 bits per heavy atom. The fourth-order valence-electron chi connectivity index (χ4n) is 7.11. The van der Waals surface area contributed by atoms with E-state index in [9.17, 15) is 0 Å². The van der Waals surface area contributed by atoms with Crippen molar-refractivity contribution in [1.29, 1.82) is 0 Å². The molecule has 2 aromatic heterocycles. The third-order valence-electron chi connectivity index (χ3n) is 8.75. The van der Waals surface area contributed by atoms with Crippen LogP contribution in [-0.4, -0.2) is 4.40 Å². The lowest BCUT2D eigenvalue weighted by Crippen LogP contribution is -1.96. The fraction of sp³-hybridized carbons (Fsp3) is 0.438. The molecule has 33 heavy (non-hydrogen) atoms. The Hall–Kier alpha value is -2.54. The SMILES string of the molecule is c1ccc2c(c1)c1c3c(cc4c5cc6c(cc5n2c41)CCCCCCC6)CCCCCCC3. The molecular formula is C32H35N. The van der Waals surface area contributed by atoms with Crippen molar-refractivity contribution < 1.29 is 0 Å². The molecule has 2 aliphatic carbocycles. The number of aryl methyl sites for hydroxylation is 4. The topological polar surface area (TPSA) is 4.41 Å². The molecule has 0 bridgehead atoms. The fourth-order valence-corrected chi connectivity index (χ4v) is 7.11. The van der Waals surface area contributed by atoms with Crippen molar-refractivity contribution in [3.05, 3.63) is 64.7 Å². The third-order valence-corrected chi connectivity index (χ3v) is 8.75. The summed E-state index contributed by atoms with van der Waals surface area (Å²) in [6.45, 7) is 0. The molecule has 0 amide bonds. The molecule has 1 nitrogen and oxygen atoms in total. The predicted octanol–water partition coefficient (Wildman–Crippen LogP) is 8.93. The van der Waals surface area contributed by atoms with Gasteiger partial charge in [0.1, 0.15) is 0 Å². The number of rotatable bonds is 0. The molecule has 5 aromatic rings. The lowest BCUT2D eigenvalue weighted by atomic mass is 9.91. The monoisotopic (exact) mass is 433 g/mol. The first kappa shape index (κ1) is 19.9. The summed E-state index contributed by atoms with van der Waals surface area (Å²) < 4.78 is 2.63. The van der Waals surface area contributed by atoms with Crippen molar-refractivity contribution in [2.24, 2.45) is 0 Å². The molecule has 2 aliphatic rings. The maximum Gasteiger partial charge on any atom is 0.0623 e. The number of para-hydroxylation sites is 1. The smallest absolute Gasteiger partial charge is 0.0623 e. The predicted molar refractivity (Wildman–Crippen MR) is 142 cm³/mol. The highest BCUT2D eigenvalue weighted by Crippen LogP contribution is 2.44. The molecule has 0 aliphatic heterocycles. The molecule has 0 spiro atoms. The number of hydrogen-bond donors (Lipinski definition) is 0. The number of fused-ring (bicyclic) bond motifs is 9. The van der Waals surface area contributed by atoms with E-state index in [0.717, 1.165) is 0 Å². The quantitative estimate of drug-likeness (QED) is 0.229. The van der Waals surface area contributed by atoms with Gasteiger partial charge >= 0.3 is 0 Å². The van der Waals surface area contributed by atoms with E-state index in [1.54, 1.807) is 27.6 Å². The lowest BCUT2D eigenvalue weighted by molar-refractivity contribution is 0.629. The first-order valence-corrected chi connectivity index (χ1v) is 13.6.